The highest BCUT2D eigenvalue weighted by atomic mass is 19.1. The van der Waals surface area contributed by atoms with Crippen molar-refractivity contribution in [1.82, 2.24) is 9.80 Å². The number of esters is 1. The van der Waals surface area contributed by atoms with Gasteiger partial charge in [0.05, 0.1) is 18.1 Å². The Balaban J connectivity index is 1.26. The van der Waals surface area contributed by atoms with Crippen molar-refractivity contribution in [3.8, 4) is 0 Å². The number of rotatable bonds is 7. The molecule has 220 valence electrons. The Morgan fingerprint density at radius 2 is 1.59 bits per heavy atom. The summed E-state index contributed by atoms with van der Waals surface area (Å²) in [5.74, 6) is -0.282. The molecular formula is C34H42F2N2O3. The molecule has 1 saturated heterocycles. The lowest BCUT2D eigenvalue weighted by molar-refractivity contribution is -0.148. The van der Waals surface area contributed by atoms with E-state index in [0.29, 0.717) is 11.8 Å². The maximum absolute atomic E-state index is 13.7. The number of hydrogen-bond donors (Lipinski definition) is 1. The van der Waals surface area contributed by atoms with Crippen molar-refractivity contribution in [3.05, 3.63) is 89.4 Å². The molecule has 2 aromatic carbocycles. The number of nitrogens with zero attached hydrogens (tertiary/aromatic N) is 2. The number of aliphatic hydroxyl groups is 1. The van der Waals surface area contributed by atoms with Gasteiger partial charge in [0.15, 0.2) is 0 Å². The Labute approximate surface area is 243 Å². The van der Waals surface area contributed by atoms with Gasteiger partial charge in [0.1, 0.15) is 17.7 Å². The highest BCUT2D eigenvalue weighted by Crippen LogP contribution is 2.51. The van der Waals surface area contributed by atoms with E-state index < -0.39 is 11.7 Å². The summed E-state index contributed by atoms with van der Waals surface area (Å²) in [7, 11) is 0. The molecule has 2 radical (unpaired) electrons. The van der Waals surface area contributed by atoms with Gasteiger partial charge in [0, 0.05) is 45.6 Å². The maximum atomic E-state index is 13.7. The zero-order valence-corrected chi connectivity index (χ0v) is 24.5. The van der Waals surface area contributed by atoms with Crippen LogP contribution in [0.2, 0.25) is 0 Å². The van der Waals surface area contributed by atoms with Gasteiger partial charge in [-0.15, -0.1) is 0 Å². The van der Waals surface area contributed by atoms with Crippen LogP contribution in [0.1, 0.15) is 57.7 Å². The van der Waals surface area contributed by atoms with Crippen LogP contribution in [0.3, 0.4) is 0 Å². The fourth-order valence-electron chi connectivity index (χ4n) is 7.26. The third-order valence-electron chi connectivity index (χ3n) is 9.58. The second-order valence-electron chi connectivity index (χ2n) is 12.4. The summed E-state index contributed by atoms with van der Waals surface area (Å²) in [5.41, 5.74) is 1.80. The van der Waals surface area contributed by atoms with E-state index in [-0.39, 0.29) is 35.5 Å². The first-order valence-electron chi connectivity index (χ1n) is 14.9. The summed E-state index contributed by atoms with van der Waals surface area (Å²) >= 11 is 0. The molecule has 1 N–H and O–H groups in total. The van der Waals surface area contributed by atoms with Gasteiger partial charge < -0.3 is 14.7 Å². The molecule has 2 aromatic rings. The third-order valence-corrected chi connectivity index (χ3v) is 9.58. The Morgan fingerprint density at radius 3 is 2.12 bits per heavy atom. The minimum atomic E-state index is -1.12. The van der Waals surface area contributed by atoms with Crippen molar-refractivity contribution in [1.29, 1.82) is 0 Å². The molecule has 1 unspecified atom stereocenters. The molecule has 41 heavy (non-hydrogen) atoms. The van der Waals surface area contributed by atoms with E-state index in [0.717, 1.165) is 62.3 Å². The van der Waals surface area contributed by atoms with Crippen molar-refractivity contribution in [2.45, 2.75) is 58.3 Å². The Kier molecular flexibility index (Phi) is 8.98. The first-order valence-corrected chi connectivity index (χ1v) is 14.9. The molecule has 0 amide bonds. The van der Waals surface area contributed by atoms with Crippen LogP contribution >= 0.6 is 0 Å². The van der Waals surface area contributed by atoms with Crippen LogP contribution < -0.4 is 0 Å². The fraction of sp³-hybridized carbons (Fsp3) is 0.529. The number of halogens is 2. The zero-order valence-electron chi connectivity index (χ0n) is 24.5. The van der Waals surface area contributed by atoms with Gasteiger partial charge >= 0.3 is 5.97 Å². The van der Waals surface area contributed by atoms with E-state index in [1.54, 1.807) is 0 Å². The smallest absolute Gasteiger partial charge is 0.303 e. The maximum Gasteiger partial charge on any atom is 0.303 e. The number of piperazine rings is 1. The molecule has 1 saturated carbocycles. The number of carbonyl (C=O) groups excluding carboxylic acids is 1. The molecule has 2 fully saturated rings. The third kappa shape index (κ3) is 6.42. The number of carbonyl (C=O) groups is 1. The molecule has 3 aliphatic rings. The van der Waals surface area contributed by atoms with Crippen LogP contribution in [0.15, 0.2) is 60.2 Å². The zero-order chi connectivity index (χ0) is 29.3. The molecule has 0 spiro atoms. The fourth-order valence-corrected chi connectivity index (χ4v) is 7.26. The lowest BCUT2D eigenvalue weighted by Crippen LogP contribution is -2.57. The normalized spacial score (nSPS) is 30.0. The van der Waals surface area contributed by atoms with E-state index in [4.69, 9.17) is 4.74 Å². The van der Waals surface area contributed by atoms with Crippen LogP contribution in [-0.2, 0) is 9.53 Å². The summed E-state index contributed by atoms with van der Waals surface area (Å²) in [4.78, 5) is 16.5. The summed E-state index contributed by atoms with van der Waals surface area (Å²) in [6.07, 6.45) is 6.76. The second kappa shape index (κ2) is 12.3. The Hall–Kier alpha value is -2.61. The monoisotopic (exact) mass is 564 g/mol. The summed E-state index contributed by atoms with van der Waals surface area (Å²) in [5, 5.41) is 11.8. The van der Waals surface area contributed by atoms with Crippen molar-refractivity contribution in [2.75, 3.05) is 32.7 Å². The van der Waals surface area contributed by atoms with E-state index in [2.05, 4.69) is 36.1 Å². The number of ether oxygens (including phenoxy) is 1. The number of benzene rings is 2. The largest absolute Gasteiger partial charge is 0.457 e. The van der Waals surface area contributed by atoms with Gasteiger partial charge in [-0.05, 0) is 78.5 Å². The molecule has 5 rings (SSSR count). The van der Waals surface area contributed by atoms with Gasteiger partial charge in [-0.3, -0.25) is 9.69 Å². The number of hydrogen-bond acceptors (Lipinski definition) is 5. The van der Waals surface area contributed by atoms with E-state index in [1.807, 2.05) is 31.2 Å². The predicted octanol–water partition coefficient (Wildman–Crippen LogP) is 5.67. The van der Waals surface area contributed by atoms with E-state index in [9.17, 15) is 18.7 Å². The first-order chi connectivity index (χ1) is 19.5. The first kappa shape index (κ1) is 29.9. The van der Waals surface area contributed by atoms with Crippen molar-refractivity contribution >= 4 is 5.97 Å². The van der Waals surface area contributed by atoms with Crippen LogP contribution in [0.4, 0.5) is 8.78 Å². The molecule has 7 heteroatoms. The minimum absolute atomic E-state index is 0.0387. The van der Waals surface area contributed by atoms with Crippen LogP contribution in [-0.4, -0.2) is 65.3 Å². The Bertz CT molecular complexity index is 1180. The highest BCUT2D eigenvalue weighted by Gasteiger charge is 2.53. The molecule has 2 aliphatic carbocycles. The molecule has 5 nitrogen and oxygen atoms in total. The molecule has 0 aromatic heterocycles. The van der Waals surface area contributed by atoms with Gasteiger partial charge in [-0.25, -0.2) is 8.78 Å². The van der Waals surface area contributed by atoms with Gasteiger partial charge in [0.25, 0.3) is 0 Å². The average molecular weight is 565 g/mol. The van der Waals surface area contributed by atoms with Crippen LogP contribution in [0.25, 0.3) is 0 Å². The Morgan fingerprint density at radius 1 is 1.02 bits per heavy atom. The minimum Gasteiger partial charge on any atom is -0.457 e. The summed E-state index contributed by atoms with van der Waals surface area (Å²) in [6, 6.07) is 13.2. The van der Waals surface area contributed by atoms with Gasteiger partial charge in [-0.1, -0.05) is 44.2 Å². The SMILES string of the molecule is CC(=O)O[C@@H]1[C][C@]2(O)C(C=C1C)[C@H]([C@@H](C)CN1CCN(C(c3ccc(F)cc3)c3ccc(F)cc3)CC1)CC[C@H]2C. The predicted molar refractivity (Wildman–Crippen MR) is 155 cm³/mol. The molecule has 1 aliphatic heterocycles. The van der Waals surface area contributed by atoms with Gasteiger partial charge in [0.2, 0.25) is 0 Å². The average Bonchev–Trinajstić information content (AvgIpc) is 2.93. The topological polar surface area (TPSA) is 53.0 Å². The molecule has 1 heterocycles. The summed E-state index contributed by atoms with van der Waals surface area (Å²) < 4.78 is 32.9. The molecule has 0 bridgehead atoms. The summed E-state index contributed by atoms with van der Waals surface area (Å²) in [6.45, 7) is 12.1. The van der Waals surface area contributed by atoms with Crippen molar-refractivity contribution < 1.29 is 23.4 Å². The molecular weight excluding hydrogens is 522 g/mol. The van der Waals surface area contributed by atoms with Crippen molar-refractivity contribution in [3.63, 3.8) is 0 Å². The van der Waals surface area contributed by atoms with Crippen molar-refractivity contribution in [2.24, 2.45) is 23.7 Å². The number of fused-ring (bicyclic) bond motifs is 1. The standard InChI is InChI=1S/C34H42F2N2O3/c1-22-19-31-30(14-5-24(3)34(31,40)20-32(22)41-25(4)39)23(2)21-37-15-17-38(18-16-37)33(26-6-10-28(35)11-7-26)27-8-12-29(36)13-9-27/h6-13,19,23-24,30-33,40H,5,14-18,21H2,1-4H3/t23-,24+,30-,31?,32+,34+/m0/s1. The lowest BCUT2D eigenvalue weighted by Gasteiger charge is -2.53. The molecule has 6 atom stereocenters. The van der Waals surface area contributed by atoms with E-state index in [1.165, 1.54) is 31.2 Å². The van der Waals surface area contributed by atoms with Gasteiger partial charge in [-0.2, -0.15) is 0 Å². The lowest BCUT2D eigenvalue weighted by atomic mass is 9.57. The van der Waals surface area contributed by atoms with Crippen LogP contribution in [0.5, 0.6) is 0 Å². The highest BCUT2D eigenvalue weighted by molar-refractivity contribution is 5.66. The van der Waals surface area contributed by atoms with E-state index >= 15 is 0 Å². The van der Waals surface area contributed by atoms with Crippen LogP contribution in [0, 0.1) is 41.7 Å². The quantitative estimate of drug-likeness (QED) is 0.347. The second-order valence-corrected chi connectivity index (χ2v) is 12.4.